The molecule has 1 aliphatic heterocycles. The van der Waals surface area contributed by atoms with Crippen molar-refractivity contribution in [3.8, 4) is 0 Å². The van der Waals surface area contributed by atoms with Crippen molar-refractivity contribution in [2.75, 3.05) is 37.6 Å². The van der Waals surface area contributed by atoms with Crippen LogP contribution < -0.4 is 15.1 Å². The molecular weight excluding hydrogens is 374 g/mol. The van der Waals surface area contributed by atoms with Crippen molar-refractivity contribution in [3.05, 3.63) is 65.4 Å². The lowest BCUT2D eigenvalue weighted by Gasteiger charge is -2.33. The molecule has 0 saturated carbocycles. The van der Waals surface area contributed by atoms with Crippen LogP contribution in [0.15, 0.2) is 59.0 Å². The van der Waals surface area contributed by atoms with E-state index in [1.54, 1.807) is 0 Å². The Morgan fingerprint density at radius 2 is 1.96 bits per heavy atom. The molecule has 0 radical (unpaired) electrons. The highest BCUT2D eigenvalue weighted by molar-refractivity contribution is 6.30. The number of anilines is 1. The Morgan fingerprint density at radius 1 is 1.18 bits per heavy atom. The summed E-state index contributed by atoms with van der Waals surface area (Å²) in [5.41, 5.74) is 2.00. The second kappa shape index (κ2) is 8.25. The highest BCUT2D eigenvalue weighted by atomic mass is 35.5. The van der Waals surface area contributed by atoms with Gasteiger partial charge in [-0.25, -0.2) is 0 Å². The van der Waals surface area contributed by atoms with Crippen LogP contribution in [0.4, 0.5) is 5.69 Å². The topological polar surface area (TPSA) is 49.9 Å². The Labute approximate surface area is 169 Å². The third-order valence-electron chi connectivity index (χ3n) is 5.30. The van der Waals surface area contributed by atoms with Gasteiger partial charge < -0.3 is 19.5 Å². The number of furan rings is 1. The summed E-state index contributed by atoms with van der Waals surface area (Å²) in [7, 11) is 0. The first-order valence-corrected chi connectivity index (χ1v) is 10.1. The van der Waals surface area contributed by atoms with Gasteiger partial charge in [-0.2, -0.15) is 0 Å². The predicted molar refractivity (Wildman–Crippen MR) is 112 cm³/mol. The molecule has 1 aromatic heterocycles. The molecule has 0 spiro atoms. The minimum atomic E-state index is -0.146. The Bertz CT molecular complexity index is 930. The minimum Gasteiger partial charge on any atom is -0.459 e. The van der Waals surface area contributed by atoms with E-state index >= 15 is 0 Å². The summed E-state index contributed by atoms with van der Waals surface area (Å²) in [5, 5.41) is 4.88. The number of piperazine rings is 1. The van der Waals surface area contributed by atoms with Crippen LogP contribution in [-0.2, 0) is 4.79 Å². The van der Waals surface area contributed by atoms with E-state index in [9.17, 15) is 4.79 Å². The first-order valence-electron chi connectivity index (χ1n) is 9.70. The number of nitrogens with one attached hydrogen (secondary N) is 2. The number of carbonyl (C=O) groups excluding carboxylic acids is 1. The average Bonchev–Trinajstić information content (AvgIpc) is 3.13. The van der Waals surface area contributed by atoms with E-state index < -0.39 is 0 Å². The summed E-state index contributed by atoms with van der Waals surface area (Å²) < 4.78 is 5.85. The molecule has 146 valence electrons. The van der Waals surface area contributed by atoms with E-state index in [0.29, 0.717) is 6.54 Å². The molecule has 0 unspecified atom stereocenters. The summed E-state index contributed by atoms with van der Waals surface area (Å²) >= 11 is 6.09. The number of hydrogen-bond donors (Lipinski definition) is 2. The normalized spacial score (nSPS) is 16.3. The number of quaternary nitrogens is 1. The lowest BCUT2D eigenvalue weighted by Crippen LogP contribution is -3.15. The number of hydrogen-bond acceptors (Lipinski definition) is 3. The molecule has 0 bridgehead atoms. The summed E-state index contributed by atoms with van der Waals surface area (Å²) in [6, 6.07) is 17.7. The summed E-state index contributed by atoms with van der Waals surface area (Å²) in [6.07, 6.45) is 0. The maximum Gasteiger partial charge on any atom is 0.275 e. The Morgan fingerprint density at radius 3 is 2.71 bits per heavy atom. The van der Waals surface area contributed by atoms with Crippen LogP contribution in [0.1, 0.15) is 18.7 Å². The van der Waals surface area contributed by atoms with Crippen molar-refractivity contribution in [2.45, 2.75) is 13.0 Å². The van der Waals surface area contributed by atoms with E-state index in [1.807, 2.05) is 55.5 Å². The molecule has 1 amide bonds. The molecule has 4 rings (SSSR count). The van der Waals surface area contributed by atoms with E-state index in [-0.39, 0.29) is 11.9 Å². The molecule has 6 heteroatoms. The lowest BCUT2D eigenvalue weighted by molar-refractivity contribution is -0.892. The van der Waals surface area contributed by atoms with E-state index in [0.717, 1.165) is 53.6 Å². The second-order valence-corrected chi connectivity index (χ2v) is 7.81. The number of fused-ring (bicyclic) bond motifs is 1. The quantitative estimate of drug-likeness (QED) is 0.694. The fraction of sp³-hybridized carbons (Fsp3) is 0.318. The maximum absolute atomic E-state index is 12.5. The van der Waals surface area contributed by atoms with Gasteiger partial charge in [-0.3, -0.25) is 4.79 Å². The van der Waals surface area contributed by atoms with Crippen molar-refractivity contribution in [2.24, 2.45) is 0 Å². The van der Waals surface area contributed by atoms with Gasteiger partial charge >= 0.3 is 0 Å². The standard InChI is InChI=1S/C22H24ClN3O2/c1-16(21-13-17-5-2-3-8-20(17)28-21)24-22(27)15-25-9-11-26(12-10-25)19-7-4-6-18(23)14-19/h2-8,13-14,16H,9-12,15H2,1H3,(H,24,27)/p+1/t16-/m0/s1. The molecule has 1 atom stereocenters. The summed E-state index contributed by atoms with van der Waals surface area (Å²) in [6.45, 7) is 6.14. The SMILES string of the molecule is C[C@H](NC(=O)C[NH+]1CCN(c2cccc(Cl)c2)CC1)c1cc2ccccc2o1. The van der Waals surface area contributed by atoms with Gasteiger partial charge in [0.05, 0.1) is 32.2 Å². The first-order chi connectivity index (χ1) is 13.6. The van der Waals surface area contributed by atoms with Crippen LogP contribution in [0.5, 0.6) is 0 Å². The van der Waals surface area contributed by atoms with E-state index in [4.69, 9.17) is 16.0 Å². The Hall–Kier alpha value is -2.50. The molecule has 1 aliphatic rings. The molecule has 0 aliphatic carbocycles. The van der Waals surface area contributed by atoms with Gasteiger partial charge in [0, 0.05) is 16.1 Å². The van der Waals surface area contributed by atoms with Crippen molar-refractivity contribution < 1.29 is 14.1 Å². The largest absolute Gasteiger partial charge is 0.459 e. The lowest BCUT2D eigenvalue weighted by atomic mass is 10.2. The average molecular weight is 399 g/mol. The predicted octanol–water partition coefficient (Wildman–Crippen LogP) is 2.67. The Kier molecular flexibility index (Phi) is 5.55. The highest BCUT2D eigenvalue weighted by Gasteiger charge is 2.23. The van der Waals surface area contributed by atoms with Crippen molar-refractivity contribution in [1.82, 2.24) is 5.32 Å². The van der Waals surface area contributed by atoms with Gasteiger partial charge in [0.1, 0.15) is 11.3 Å². The maximum atomic E-state index is 12.5. The van der Waals surface area contributed by atoms with E-state index in [1.165, 1.54) is 4.90 Å². The number of nitrogens with zero attached hydrogens (tertiary/aromatic N) is 1. The highest BCUT2D eigenvalue weighted by Crippen LogP contribution is 2.23. The molecule has 2 N–H and O–H groups in total. The molecule has 2 heterocycles. The van der Waals surface area contributed by atoms with Crippen LogP contribution in [0.25, 0.3) is 11.0 Å². The van der Waals surface area contributed by atoms with Gasteiger partial charge in [0.2, 0.25) is 0 Å². The third kappa shape index (κ3) is 4.32. The molecule has 1 fully saturated rings. The molecule has 3 aromatic rings. The fourth-order valence-corrected chi connectivity index (χ4v) is 3.92. The molecule has 2 aromatic carbocycles. The number of halogens is 1. The van der Waals surface area contributed by atoms with Crippen LogP contribution >= 0.6 is 11.6 Å². The zero-order valence-electron chi connectivity index (χ0n) is 16.0. The number of carbonyl (C=O) groups is 1. The van der Waals surface area contributed by atoms with Crippen LogP contribution in [0.2, 0.25) is 5.02 Å². The van der Waals surface area contributed by atoms with Crippen LogP contribution in [0.3, 0.4) is 0 Å². The molecule has 1 saturated heterocycles. The van der Waals surface area contributed by atoms with Gasteiger partial charge in [0.15, 0.2) is 6.54 Å². The zero-order valence-corrected chi connectivity index (χ0v) is 16.7. The fourth-order valence-electron chi connectivity index (χ4n) is 3.74. The van der Waals surface area contributed by atoms with Gasteiger partial charge in [-0.15, -0.1) is 0 Å². The van der Waals surface area contributed by atoms with Crippen molar-refractivity contribution in [3.63, 3.8) is 0 Å². The second-order valence-electron chi connectivity index (χ2n) is 7.37. The molecule has 5 nitrogen and oxygen atoms in total. The number of amides is 1. The molecule has 28 heavy (non-hydrogen) atoms. The van der Waals surface area contributed by atoms with Crippen molar-refractivity contribution >= 4 is 34.2 Å². The van der Waals surface area contributed by atoms with Gasteiger partial charge in [-0.1, -0.05) is 35.9 Å². The third-order valence-corrected chi connectivity index (χ3v) is 5.54. The number of rotatable bonds is 5. The van der Waals surface area contributed by atoms with Gasteiger partial charge in [-0.05, 0) is 37.3 Å². The van der Waals surface area contributed by atoms with Crippen LogP contribution in [-0.4, -0.2) is 38.6 Å². The summed E-state index contributed by atoms with van der Waals surface area (Å²) in [5.74, 6) is 0.842. The minimum absolute atomic E-state index is 0.0548. The number of benzene rings is 2. The van der Waals surface area contributed by atoms with E-state index in [2.05, 4.69) is 16.3 Å². The van der Waals surface area contributed by atoms with Crippen molar-refractivity contribution in [1.29, 1.82) is 0 Å². The zero-order chi connectivity index (χ0) is 19.5. The van der Waals surface area contributed by atoms with Gasteiger partial charge in [0.25, 0.3) is 5.91 Å². The monoisotopic (exact) mass is 398 g/mol. The summed E-state index contributed by atoms with van der Waals surface area (Å²) in [4.78, 5) is 16.1. The molecular formula is C22H25ClN3O2+. The Balaban J connectivity index is 1.28. The number of para-hydroxylation sites is 1. The smallest absolute Gasteiger partial charge is 0.275 e. The first kappa shape index (κ1) is 18.8. The van der Waals surface area contributed by atoms with Crippen LogP contribution in [0, 0.1) is 0 Å².